The van der Waals surface area contributed by atoms with Crippen molar-refractivity contribution in [2.75, 3.05) is 11.9 Å². The molecule has 1 unspecified atom stereocenters. The SMILES string of the molecule is CC(CCCO)(Nc1cccc(F)c1)C(N)=O. The topological polar surface area (TPSA) is 75.3 Å². The average Bonchev–Trinajstić information content (AvgIpc) is 2.26. The number of hydrogen-bond donors (Lipinski definition) is 3. The Kier molecular flexibility index (Phi) is 4.45. The van der Waals surface area contributed by atoms with E-state index in [1.54, 1.807) is 19.1 Å². The van der Waals surface area contributed by atoms with E-state index in [4.69, 9.17) is 10.8 Å². The molecular formula is C12H17FN2O2. The van der Waals surface area contributed by atoms with Crippen LogP contribution in [0, 0.1) is 5.82 Å². The lowest BCUT2D eigenvalue weighted by Gasteiger charge is -2.28. The number of anilines is 1. The number of amides is 1. The van der Waals surface area contributed by atoms with E-state index in [-0.39, 0.29) is 12.4 Å². The first-order valence-corrected chi connectivity index (χ1v) is 5.42. The maximum atomic E-state index is 13.0. The largest absolute Gasteiger partial charge is 0.396 e. The number of aliphatic hydroxyl groups is 1. The Morgan fingerprint density at radius 1 is 1.59 bits per heavy atom. The van der Waals surface area contributed by atoms with Gasteiger partial charge in [-0.05, 0) is 38.0 Å². The van der Waals surface area contributed by atoms with Gasteiger partial charge in [0.05, 0.1) is 0 Å². The van der Waals surface area contributed by atoms with Crippen molar-refractivity contribution in [3.05, 3.63) is 30.1 Å². The fourth-order valence-corrected chi connectivity index (χ4v) is 1.56. The van der Waals surface area contributed by atoms with E-state index in [1.165, 1.54) is 12.1 Å². The van der Waals surface area contributed by atoms with Crippen LogP contribution in [0.2, 0.25) is 0 Å². The molecule has 0 saturated carbocycles. The van der Waals surface area contributed by atoms with Crippen molar-refractivity contribution in [2.45, 2.75) is 25.3 Å². The summed E-state index contributed by atoms with van der Waals surface area (Å²) in [6.45, 7) is 1.61. The van der Waals surface area contributed by atoms with Crippen molar-refractivity contribution in [3.63, 3.8) is 0 Å². The summed E-state index contributed by atoms with van der Waals surface area (Å²) in [5, 5.41) is 11.7. The number of rotatable bonds is 6. The molecule has 1 rings (SSSR count). The molecule has 17 heavy (non-hydrogen) atoms. The van der Waals surface area contributed by atoms with Crippen molar-refractivity contribution < 1.29 is 14.3 Å². The zero-order valence-electron chi connectivity index (χ0n) is 9.74. The van der Waals surface area contributed by atoms with Crippen LogP contribution in [-0.2, 0) is 4.79 Å². The van der Waals surface area contributed by atoms with E-state index in [1.807, 2.05) is 0 Å². The van der Waals surface area contributed by atoms with E-state index in [2.05, 4.69) is 5.32 Å². The summed E-state index contributed by atoms with van der Waals surface area (Å²) < 4.78 is 13.0. The third-order valence-corrected chi connectivity index (χ3v) is 2.62. The lowest BCUT2D eigenvalue weighted by molar-refractivity contribution is -0.122. The number of halogens is 1. The number of benzene rings is 1. The van der Waals surface area contributed by atoms with E-state index in [0.717, 1.165) is 0 Å². The van der Waals surface area contributed by atoms with Gasteiger partial charge in [0.2, 0.25) is 5.91 Å². The number of primary amides is 1. The van der Waals surface area contributed by atoms with Crippen LogP contribution in [-0.4, -0.2) is 23.2 Å². The van der Waals surface area contributed by atoms with Crippen molar-refractivity contribution >= 4 is 11.6 Å². The molecule has 4 N–H and O–H groups in total. The van der Waals surface area contributed by atoms with E-state index in [9.17, 15) is 9.18 Å². The number of nitrogens with two attached hydrogens (primary N) is 1. The lowest BCUT2D eigenvalue weighted by atomic mass is 9.94. The molecule has 1 amide bonds. The summed E-state index contributed by atoms with van der Waals surface area (Å²) in [4.78, 5) is 11.4. The van der Waals surface area contributed by atoms with Crippen molar-refractivity contribution in [2.24, 2.45) is 5.73 Å². The molecule has 0 heterocycles. The molecule has 0 saturated heterocycles. The van der Waals surface area contributed by atoms with Crippen LogP contribution < -0.4 is 11.1 Å². The van der Waals surface area contributed by atoms with Crippen LogP contribution in [0.1, 0.15) is 19.8 Å². The Labute approximate surface area is 99.6 Å². The molecule has 0 aliphatic carbocycles. The Bertz CT molecular complexity index is 398. The fourth-order valence-electron chi connectivity index (χ4n) is 1.56. The molecule has 0 radical (unpaired) electrons. The van der Waals surface area contributed by atoms with Crippen LogP contribution in [0.5, 0.6) is 0 Å². The highest BCUT2D eigenvalue weighted by Crippen LogP contribution is 2.20. The zero-order chi connectivity index (χ0) is 12.9. The molecular weight excluding hydrogens is 223 g/mol. The van der Waals surface area contributed by atoms with Gasteiger partial charge in [0.1, 0.15) is 11.4 Å². The number of carbonyl (C=O) groups is 1. The second kappa shape index (κ2) is 5.63. The van der Waals surface area contributed by atoms with Crippen molar-refractivity contribution in [1.29, 1.82) is 0 Å². The minimum atomic E-state index is -0.990. The maximum Gasteiger partial charge on any atom is 0.242 e. The Balaban J connectivity index is 2.83. The predicted octanol–water partition coefficient (Wildman–Crippen LogP) is 1.25. The predicted molar refractivity (Wildman–Crippen MR) is 63.9 cm³/mol. The Morgan fingerprint density at radius 2 is 2.29 bits per heavy atom. The zero-order valence-corrected chi connectivity index (χ0v) is 9.74. The van der Waals surface area contributed by atoms with Crippen molar-refractivity contribution in [1.82, 2.24) is 0 Å². The quantitative estimate of drug-likeness (QED) is 0.700. The first kappa shape index (κ1) is 13.4. The monoisotopic (exact) mass is 240 g/mol. The molecule has 94 valence electrons. The van der Waals surface area contributed by atoms with Crippen LogP contribution in [0.3, 0.4) is 0 Å². The molecule has 5 heteroatoms. The summed E-state index contributed by atoms with van der Waals surface area (Å²) in [6, 6.07) is 5.81. The van der Waals surface area contributed by atoms with Gasteiger partial charge in [-0.15, -0.1) is 0 Å². The minimum Gasteiger partial charge on any atom is -0.396 e. The summed E-state index contributed by atoms with van der Waals surface area (Å²) >= 11 is 0. The highest BCUT2D eigenvalue weighted by atomic mass is 19.1. The number of nitrogens with one attached hydrogen (secondary N) is 1. The molecule has 0 aliphatic rings. The highest BCUT2D eigenvalue weighted by Gasteiger charge is 2.30. The summed E-state index contributed by atoms with van der Waals surface area (Å²) in [6.07, 6.45) is 0.830. The number of hydrogen-bond acceptors (Lipinski definition) is 3. The van der Waals surface area contributed by atoms with Gasteiger partial charge >= 0.3 is 0 Å². The summed E-state index contributed by atoms with van der Waals surface area (Å²) in [5.74, 6) is -0.917. The second-order valence-electron chi connectivity index (χ2n) is 4.16. The molecule has 0 fully saturated rings. The van der Waals surface area contributed by atoms with Crippen LogP contribution >= 0.6 is 0 Å². The molecule has 1 atom stereocenters. The Hall–Kier alpha value is -1.62. The van der Waals surface area contributed by atoms with E-state index in [0.29, 0.717) is 18.5 Å². The molecule has 1 aromatic rings. The normalized spacial score (nSPS) is 14.1. The maximum absolute atomic E-state index is 13.0. The van der Waals surface area contributed by atoms with Gasteiger partial charge in [-0.3, -0.25) is 4.79 Å². The molecule has 0 aromatic heterocycles. The number of aliphatic hydroxyl groups excluding tert-OH is 1. The molecule has 0 aliphatic heterocycles. The first-order chi connectivity index (χ1) is 7.98. The molecule has 0 spiro atoms. The summed E-state index contributed by atoms with van der Waals surface area (Å²) in [5.41, 5.74) is 4.82. The average molecular weight is 240 g/mol. The second-order valence-corrected chi connectivity index (χ2v) is 4.16. The van der Waals surface area contributed by atoms with Gasteiger partial charge < -0.3 is 16.2 Å². The van der Waals surface area contributed by atoms with Gasteiger partial charge in [0.15, 0.2) is 0 Å². The van der Waals surface area contributed by atoms with Gasteiger partial charge in [0, 0.05) is 12.3 Å². The molecule has 0 bridgehead atoms. The molecule has 1 aromatic carbocycles. The highest BCUT2D eigenvalue weighted by molar-refractivity contribution is 5.87. The Morgan fingerprint density at radius 3 is 2.82 bits per heavy atom. The van der Waals surface area contributed by atoms with Crippen LogP contribution in [0.4, 0.5) is 10.1 Å². The smallest absolute Gasteiger partial charge is 0.242 e. The van der Waals surface area contributed by atoms with Crippen LogP contribution in [0.15, 0.2) is 24.3 Å². The minimum absolute atomic E-state index is 0.0201. The standard InChI is InChI=1S/C12H17FN2O2/c1-12(11(14)17,6-3-7-16)15-10-5-2-4-9(13)8-10/h2,4-5,8,15-16H,3,6-7H2,1H3,(H2,14,17). The fraction of sp³-hybridized carbons (Fsp3) is 0.417. The van der Waals surface area contributed by atoms with E-state index >= 15 is 0 Å². The first-order valence-electron chi connectivity index (χ1n) is 5.42. The van der Waals surface area contributed by atoms with Crippen LogP contribution in [0.25, 0.3) is 0 Å². The summed E-state index contributed by atoms with van der Waals surface area (Å²) in [7, 11) is 0. The van der Waals surface area contributed by atoms with Gasteiger partial charge in [0.25, 0.3) is 0 Å². The molecule has 4 nitrogen and oxygen atoms in total. The van der Waals surface area contributed by atoms with Gasteiger partial charge in [-0.25, -0.2) is 4.39 Å². The third kappa shape index (κ3) is 3.71. The third-order valence-electron chi connectivity index (χ3n) is 2.62. The number of carbonyl (C=O) groups excluding carboxylic acids is 1. The lowest BCUT2D eigenvalue weighted by Crippen LogP contribution is -2.48. The van der Waals surface area contributed by atoms with Gasteiger partial charge in [-0.2, -0.15) is 0 Å². The van der Waals surface area contributed by atoms with E-state index < -0.39 is 11.4 Å². The van der Waals surface area contributed by atoms with Crippen molar-refractivity contribution in [3.8, 4) is 0 Å². The van der Waals surface area contributed by atoms with Gasteiger partial charge in [-0.1, -0.05) is 6.07 Å².